The molecule has 0 radical (unpaired) electrons. The molecule has 0 unspecified atom stereocenters. The number of hydrogen-bond donors (Lipinski definition) is 0. The van der Waals surface area contributed by atoms with E-state index in [4.69, 9.17) is 4.74 Å². The number of nitrogens with zero attached hydrogens (tertiary/aromatic N) is 1. The van der Waals surface area contributed by atoms with Crippen LogP contribution in [0.5, 0.6) is 0 Å². The summed E-state index contributed by atoms with van der Waals surface area (Å²) in [6.07, 6.45) is 6.93. The van der Waals surface area contributed by atoms with Gasteiger partial charge in [0.15, 0.2) is 0 Å². The lowest BCUT2D eigenvalue weighted by atomic mass is 10.2. The number of carbonyl (C=O) groups excluding carboxylic acids is 1. The third kappa shape index (κ3) is 6.26. The van der Waals surface area contributed by atoms with Crippen molar-refractivity contribution in [3.05, 3.63) is 70.2 Å². The lowest BCUT2D eigenvalue weighted by Gasteiger charge is -2.19. The number of hydrogen-bond acceptors (Lipinski definition) is 4. The van der Waals surface area contributed by atoms with E-state index in [2.05, 4.69) is 15.9 Å². The number of sulfonamides is 1. The molecule has 0 bridgehead atoms. The van der Waals surface area contributed by atoms with Gasteiger partial charge in [-0.2, -0.15) is 4.31 Å². The maximum Gasteiger partial charge on any atom is 0.331 e. The molecule has 3 rings (SSSR count). The molecule has 0 saturated carbocycles. The Bertz CT molecular complexity index is 945. The second kappa shape index (κ2) is 10.2. The fourth-order valence-electron chi connectivity index (χ4n) is 3.13. The van der Waals surface area contributed by atoms with E-state index in [9.17, 15) is 13.2 Å². The Balaban J connectivity index is 1.57. The quantitative estimate of drug-likeness (QED) is 0.443. The molecule has 0 aromatic heterocycles. The summed E-state index contributed by atoms with van der Waals surface area (Å²) in [5.74, 6) is -0.450. The number of carbonyl (C=O) groups is 1. The number of halogens is 1. The van der Waals surface area contributed by atoms with Crippen LogP contribution in [0, 0.1) is 0 Å². The van der Waals surface area contributed by atoms with E-state index in [0.29, 0.717) is 13.1 Å². The number of benzene rings is 2. The largest absolute Gasteiger partial charge is 0.458 e. The zero-order chi connectivity index (χ0) is 20.7. The molecule has 2 aromatic rings. The van der Waals surface area contributed by atoms with Gasteiger partial charge in [-0.05, 0) is 54.3 Å². The monoisotopic (exact) mass is 477 g/mol. The van der Waals surface area contributed by atoms with E-state index >= 15 is 0 Å². The van der Waals surface area contributed by atoms with Crippen LogP contribution in [0.25, 0.3) is 6.08 Å². The van der Waals surface area contributed by atoms with Crippen LogP contribution in [0.2, 0.25) is 0 Å². The van der Waals surface area contributed by atoms with Crippen LogP contribution in [0.15, 0.2) is 64.0 Å². The molecule has 1 fully saturated rings. The predicted molar refractivity (Wildman–Crippen MR) is 117 cm³/mol. The van der Waals surface area contributed by atoms with Gasteiger partial charge >= 0.3 is 5.97 Å². The summed E-state index contributed by atoms with van der Waals surface area (Å²) in [5, 5.41) is 0. The Kier molecular flexibility index (Phi) is 7.64. The van der Waals surface area contributed by atoms with Gasteiger partial charge in [0, 0.05) is 23.6 Å². The molecule has 0 N–H and O–H groups in total. The van der Waals surface area contributed by atoms with E-state index < -0.39 is 16.0 Å². The van der Waals surface area contributed by atoms with E-state index in [1.807, 2.05) is 24.3 Å². The normalized spacial score (nSPS) is 15.9. The summed E-state index contributed by atoms with van der Waals surface area (Å²) in [4.78, 5) is 12.2. The lowest BCUT2D eigenvalue weighted by molar-refractivity contribution is -0.138. The molecule has 7 heteroatoms. The Morgan fingerprint density at radius 3 is 2.21 bits per heavy atom. The van der Waals surface area contributed by atoms with Gasteiger partial charge in [0.25, 0.3) is 0 Å². The van der Waals surface area contributed by atoms with Crippen molar-refractivity contribution in [3.63, 3.8) is 0 Å². The SMILES string of the molecule is O=C(C=Cc1ccc(S(=O)(=O)N2CCCCCC2)cc1)OCc1ccc(Br)cc1. The zero-order valence-electron chi connectivity index (χ0n) is 16.1. The van der Waals surface area contributed by atoms with Crippen LogP contribution < -0.4 is 0 Å². The number of rotatable bonds is 6. The first-order chi connectivity index (χ1) is 13.9. The highest BCUT2D eigenvalue weighted by Crippen LogP contribution is 2.21. The Labute approximate surface area is 180 Å². The van der Waals surface area contributed by atoms with Crippen molar-refractivity contribution >= 4 is 38.0 Å². The van der Waals surface area contributed by atoms with Crippen molar-refractivity contribution in [1.29, 1.82) is 0 Å². The smallest absolute Gasteiger partial charge is 0.331 e. The van der Waals surface area contributed by atoms with Gasteiger partial charge in [-0.1, -0.05) is 53.0 Å². The van der Waals surface area contributed by atoms with Crippen molar-refractivity contribution in [2.45, 2.75) is 37.2 Å². The molecule has 1 saturated heterocycles. The van der Waals surface area contributed by atoms with Gasteiger partial charge in [0.05, 0.1) is 4.90 Å². The molecule has 2 aromatic carbocycles. The van der Waals surface area contributed by atoms with Gasteiger partial charge < -0.3 is 4.74 Å². The summed E-state index contributed by atoms with van der Waals surface area (Å²) < 4.78 is 33.3. The standard InChI is InChI=1S/C22H24BrNO4S/c23-20-10-5-19(6-11-20)17-28-22(25)14-9-18-7-12-21(13-8-18)29(26,27)24-15-3-1-2-4-16-24/h5-14H,1-4,15-17H2. The topological polar surface area (TPSA) is 63.7 Å². The van der Waals surface area contributed by atoms with Crippen LogP contribution >= 0.6 is 15.9 Å². The molecule has 0 amide bonds. The first-order valence-corrected chi connectivity index (χ1v) is 11.9. The summed E-state index contributed by atoms with van der Waals surface area (Å²) >= 11 is 3.36. The van der Waals surface area contributed by atoms with Gasteiger partial charge in [-0.25, -0.2) is 13.2 Å². The average molecular weight is 478 g/mol. The second-order valence-corrected chi connectivity index (χ2v) is 9.81. The highest BCUT2D eigenvalue weighted by Gasteiger charge is 2.24. The van der Waals surface area contributed by atoms with Crippen molar-refractivity contribution in [1.82, 2.24) is 4.31 Å². The summed E-state index contributed by atoms with van der Waals surface area (Å²) in [5.41, 5.74) is 1.64. The van der Waals surface area contributed by atoms with Crippen molar-refractivity contribution in [2.75, 3.05) is 13.1 Å². The number of ether oxygens (including phenoxy) is 1. The molecule has 0 aliphatic carbocycles. The predicted octanol–water partition coefficient (Wildman–Crippen LogP) is 4.77. The van der Waals surface area contributed by atoms with Gasteiger partial charge in [-0.15, -0.1) is 0 Å². The lowest BCUT2D eigenvalue weighted by Crippen LogP contribution is -2.31. The molecule has 154 valence electrons. The van der Waals surface area contributed by atoms with Crippen LogP contribution in [-0.4, -0.2) is 31.8 Å². The molecular weight excluding hydrogens is 454 g/mol. The van der Waals surface area contributed by atoms with Gasteiger partial charge in [0.1, 0.15) is 6.61 Å². The van der Waals surface area contributed by atoms with Crippen LogP contribution in [0.1, 0.15) is 36.8 Å². The minimum absolute atomic E-state index is 0.198. The molecular formula is C22H24BrNO4S. The third-order valence-electron chi connectivity index (χ3n) is 4.79. The van der Waals surface area contributed by atoms with Gasteiger partial charge in [0.2, 0.25) is 10.0 Å². The Morgan fingerprint density at radius 1 is 0.966 bits per heavy atom. The Morgan fingerprint density at radius 2 is 1.59 bits per heavy atom. The van der Waals surface area contributed by atoms with Crippen molar-refractivity contribution in [2.24, 2.45) is 0 Å². The fourth-order valence-corrected chi connectivity index (χ4v) is 4.91. The molecule has 0 spiro atoms. The molecule has 1 aliphatic heterocycles. The maximum absolute atomic E-state index is 12.8. The highest BCUT2D eigenvalue weighted by molar-refractivity contribution is 9.10. The zero-order valence-corrected chi connectivity index (χ0v) is 18.5. The van der Waals surface area contributed by atoms with Crippen molar-refractivity contribution < 1.29 is 17.9 Å². The first kappa shape index (κ1) is 21.7. The van der Waals surface area contributed by atoms with Crippen molar-refractivity contribution in [3.8, 4) is 0 Å². The van der Waals surface area contributed by atoms with E-state index in [1.54, 1.807) is 34.6 Å². The van der Waals surface area contributed by atoms with Crippen LogP contribution in [-0.2, 0) is 26.2 Å². The highest BCUT2D eigenvalue weighted by atomic mass is 79.9. The minimum atomic E-state index is -3.46. The Hall–Kier alpha value is -1.96. The maximum atomic E-state index is 12.8. The number of esters is 1. The summed E-state index contributed by atoms with van der Waals surface area (Å²) in [6, 6.07) is 14.1. The molecule has 1 aliphatic rings. The average Bonchev–Trinajstić information content (AvgIpc) is 3.02. The molecule has 1 heterocycles. The van der Waals surface area contributed by atoms with Crippen LogP contribution in [0.4, 0.5) is 0 Å². The second-order valence-electron chi connectivity index (χ2n) is 6.95. The van der Waals surface area contributed by atoms with Gasteiger partial charge in [-0.3, -0.25) is 0 Å². The minimum Gasteiger partial charge on any atom is -0.458 e. The summed E-state index contributed by atoms with van der Waals surface area (Å²) in [7, 11) is -3.46. The van der Waals surface area contributed by atoms with Crippen LogP contribution in [0.3, 0.4) is 0 Å². The third-order valence-corrected chi connectivity index (χ3v) is 7.23. The fraction of sp³-hybridized carbons (Fsp3) is 0.318. The molecule has 5 nitrogen and oxygen atoms in total. The van der Waals surface area contributed by atoms with E-state index in [1.165, 1.54) is 6.08 Å². The first-order valence-electron chi connectivity index (χ1n) is 9.65. The molecule has 0 atom stereocenters. The van der Waals surface area contributed by atoms with E-state index in [0.717, 1.165) is 41.3 Å². The van der Waals surface area contributed by atoms with E-state index in [-0.39, 0.29) is 11.5 Å². The summed E-state index contributed by atoms with van der Waals surface area (Å²) in [6.45, 7) is 1.35. The molecule has 29 heavy (non-hydrogen) atoms.